The molecule has 0 bridgehead atoms. The minimum absolute atomic E-state index is 0.0109. The molecule has 1 atom stereocenters. The number of nitrogens with zero attached hydrogens (tertiary/aromatic N) is 1. The quantitative estimate of drug-likeness (QED) is 0.591. The van der Waals surface area contributed by atoms with Crippen molar-refractivity contribution in [3.63, 3.8) is 0 Å². The Morgan fingerprint density at radius 2 is 2.04 bits per heavy atom. The van der Waals surface area contributed by atoms with Crippen molar-refractivity contribution in [1.29, 1.82) is 0 Å². The van der Waals surface area contributed by atoms with Crippen molar-refractivity contribution in [2.45, 2.75) is 40.2 Å². The minimum Gasteiger partial charge on any atom is -0.478 e. The summed E-state index contributed by atoms with van der Waals surface area (Å²) in [5.41, 5.74) is 1.02. The fourth-order valence-corrected chi connectivity index (χ4v) is 2.59. The molecule has 0 radical (unpaired) electrons. The van der Waals surface area contributed by atoms with Crippen molar-refractivity contribution in [2.24, 2.45) is 5.92 Å². The lowest BCUT2D eigenvalue weighted by molar-refractivity contribution is -0.142. The average molecular weight is 333 g/mol. The lowest BCUT2D eigenvalue weighted by Gasteiger charge is -2.36. The molecule has 0 N–H and O–H groups in total. The number of carbonyl (C=O) groups is 3. The highest BCUT2D eigenvalue weighted by Crippen LogP contribution is 2.36. The smallest absolute Gasteiger partial charge is 0.307 e. The number of amides is 1. The zero-order valence-corrected chi connectivity index (χ0v) is 14.5. The molecule has 6 heteroatoms. The van der Waals surface area contributed by atoms with Gasteiger partial charge in [-0.15, -0.1) is 0 Å². The van der Waals surface area contributed by atoms with E-state index < -0.39 is 6.10 Å². The first kappa shape index (κ1) is 18.0. The molecule has 6 nitrogen and oxygen atoms in total. The highest BCUT2D eigenvalue weighted by molar-refractivity contribution is 6.03. The van der Waals surface area contributed by atoms with Crippen molar-refractivity contribution < 1.29 is 23.9 Å². The number of carbonyl (C=O) groups excluding carboxylic acids is 3. The molecule has 1 unspecified atom stereocenters. The molecule has 0 aliphatic carbocycles. The first-order valence-corrected chi connectivity index (χ1v) is 8.13. The standard InChI is InChI=1S/C18H23NO5/c1-5-23-16(21)8-9-19-14-10-13(12(4)20)6-7-15(14)24-17(11(2)3)18(19)22/h6-7,10-11,17H,5,8-9H2,1-4H3. The molecule has 1 aliphatic heterocycles. The molecule has 0 fully saturated rings. The summed E-state index contributed by atoms with van der Waals surface area (Å²) in [6.07, 6.45) is -0.517. The number of anilines is 1. The summed E-state index contributed by atoms with van der Waals surface area (Å²) in [5.74, 6) is -0.128. The Morgan fingerprint density at radius 1 is 1.33 bits per heavy atom. The van der Waals surface area contributed by atoms with Crippen LogP contribution in [0.3, 0.4) is 0 Å². The lowest BCUT2D eigenvalue weighted by atomic mass is 10.0. The van der Waals surface area contributed by atoms with Gasteiger partial charge in [0.25, 0.3) is 5.91 Å². The van der Waals surface area contributed by atoms with Gasteiger partial charge in [-0.2, -0.15) is 0 Å². The molecule has 0 spiro atoms. The maximum Gasteiger partial charge on any atom is 0.307 e. The van der Waals surface area contributed by atoms with Crippen molar-refractivity contribution in [2.75, 3.05) is 18.1 Å². The van der Waals surface area contributed by atoms with E-state index in [1.807, 2.05) is 13.8 Å². The molecule has 24 heavy (non-hydrogen) atoms. The minimum atomic E-state index is -0.608. The van der Waals surface area contributed by atoms with Gasteiger partial charge < -0.3 is 14.4 Å². The maximum absolute atomic E-state index is 12.7. The van der Waals surface area contributed by atoms with Crippen LogP contribution in [0.25, 0.3) is 0 Å². The number of hydrogen-bond acceptors (Lipinski definition) is 5. The number of hydrogen-bond donors (Lipinski definition) is 0. The summed E-state index contributed by atoms with van der Waals surface area (Å²) >= 11 is 0. The first-order chi connectivity index (χ1) is 11.3. The number of esters is 1. The van der Waals surface area contributed by atoms with Gasteiger partial charge in [-0.25, -0.2) is 0 Å². The van der Waals surface area contributed by atoms with Gasteiger partial charge in [0, 0.05) is 12.1 Å². The number of benzene rings is 1. The van der Waals surface area contributed by atoms with Crippen LogP contribution in [0.1, 0.15) is 44.5 Å². The third-order valence-electron chi connectivity index (χ3n) is 3.87. The third kappa shape index (κ3) is 3.75. The molecular formula is C18H23NO5. The highest BCUT2D eigenvalue weighted by atomic mass is 16.5. The van der Waals surface area contributed by atoms with Crippen molar-refractivity contribution in [1.82, 2.24) is 0 Å². The van der Waals surface area contributed by atoms with Crippen LogP contribution in [0.4, 0.5) is 5.69 Å². The van der Waals surface area contributed by atoms with E-state index in [4.69, 9.17) is 9.47 Å². The van der Waals surface area contributed by atoms with Crippen molar-refractivity contribution in [3.05, 3.63) is 23.8 Å². The van der Waals surface area contributed by atoms with Crippen LogP contribution in [0.5, 0.6) is 5.75 Å². The third-order valence-corrected chi connectivity index (χ3v) is 3.87. The molecule has 1 amide bonds. The number of ether oxygens (including phenoxy) is 2. The van der Waals surface area contributed by atoms with Gasteiger partial charge >= 0.3 is 5.97 Å². The second-order valence-electron chi connectivity index (χ2n) is 6.07. The second kappa shape index (κ2) is 7.47. The fourth-order valence-electron chi connectivity index (χ4n) is 2.59. The molecular weight excluding hydrogens is 310 g/mol. The van der Waals surface area contributed by atoms with Gasteiger partial charge in [-0.05, 0) is 38.0 Å². The van der Waals surface area contributed by atoms with Crippen LogP contribution >= 0.6 is 0 Å². The molecule has 0 saturated carbocycles. The molecule has 1 aliphatic rings. The molecule has 0 aromatic heterocycles. The van der Waals surface area contributed by atoms with E-state index in [0.29, 0.717) is 23.6 Å². The molecule has 0 saturated heterocycles. The summed E-state index contributed by atoms with van der Waals surface area (Å²) < 4.78 is 10.7. The summed E-state index contributed by atoms with van der Waals surface area (Å²) in [6.45, 7) is 7.50. The molecule has 1 aromatic carbocycles. The van der Waals surface area contributed by atoms with Gasteiger partial charge in [0.05, 0.1) is 18.7 Å². The fraction of sp³-hybridized carbons (Fsp3) is 0.500. The largest absolute Gasteiger partial charge is 0.478 e. The Bertz CT molecular complexity index is 653. The van der Waals surface area contributed by atoms with Crippen LogP contribution in [0.2, 0.25) is 0 Å². The van der Waals surface area contributed by atoms with Crippen LogP contribution in [-0.2, 0) is 14.3 Å². The summed E-state index contributed by atoms with van der Waals surface area (Å²) in [6, 6.07) is 5.01. The first-order valence-electron chi connectivity index (χ1n) is 8.13. The number of fused-ring (bicyclic) bond motifs is 1. The summed E-state index contributed by atoms with van der Waals surface area (Å²) in [7, 11) is 0. The Hall–Kier alpha value is -2.37. The Kier molecular flexibility index (Phi) is 5.59. The monoisotopic (exact) mass is 333 g/mol. The topological polar surface area (TPSA) is 72.9 Å². The molecule has 1 aromatic rings. The van der Waals surface area contributed by atoms with Gasteiger partial charge in [0.15, 0.2) is 11.9 Å². The second-order valence-corrected chi connectivity index (χ2v) is 6.07. The number of ketones is 1. The van der Waals surface area contributed by atoms with Crippen LogP contribution in [0, 0.1) is 5.92 Å². The predicted octanol–water partition coefficient (Wildman–Crippen LogP) is 2.59. The van der Waals surface area contributed by atoms with E-state index in [1.54, 1.807) is 25.1 Å². The SMILES string of the molecule is CCOC(=O)CCN1C(=O)C(C(C)C)Oc2ccc(C(C)=O)cc21. The normalized spacial score (nSPS) is 16.6. The Morgan fingerprint density at radius 3 is 2.62 bits per heavy atom. The van der Waals surface area contributed by atoms with E-state index in [1.165, 1.54) is 11.8 Å². The van der Waals surface area contributed by atoms with Crippen molar-refractivity contribution >= 4 is 23.3 Å². The zero-order valence-electron chi connectivity index (χ0n) is 14.5. The number of Topliss-reactive ketones (excluding diaryl/α,β-unsaturated/α-hetero) is 1. The van der Waals surface area contributed by atoms with Gasteiger partial charge in [0.1, 0.15) is 5.75 Å². The summed E-state index contributed by atoms with van der Waals surface area (Å²) in [5, 5.41) is 0. The maximum atomic E-state index is 12.7. The van der Waals surface area contributed by atoms with E-state index >= 15 is 0 Å². The van der Waals surface area contributed by atoms with Crippen LogP contribution in [-0.4, -0.2) is 36.9 Å². The predicted molar refractivity (Wildman–Crippen MR) is 89.3 cm³/mol. The van der Waals surface area contributed by atoms with E-state index in [9.17, 15) is 14.4 Å². The zero-order chi connectivity index (χ0) is 17.9. The summed E-state index contributed by atoms with van der Waals surface area (Å²) in [4.78, 5) is 37.5. The van der Waals surface area contributed by atoms with E-state index in [2.05, 4.69) is 0 Å². The van der Waals surface area contributed by atoms with Gasteiger partial charge in [0.2, 0.25) is 0 Å². The van der Waals surface area contributed by atoms with Gasteiger partial charge in [-0.3, -0.25) is 14.4 Å². The Balaban J connectivity index is 2.34. The Labute approximate surface area is 141 Å². The van der Waals surface area contributed by atoms with E-state index in [-0.39, 0.29) is 36.5 Å². The molecule has 2 rings (SSSR count). The molecule has 130 valence electrons. The average Bonchev–Trinajstić information content (AvgIpc) is 2.52. The van der Waals surface area contributed by atoms with Crippen LogP contribution in [0.15, 0.2) is 18.2 Å². The number of rotatable bonds is 6. The molecule has 1 heterocycles. The van der Waals surface area contributed by atoms with Crippen LogP contribution < -0.4 is 9.64 Å². The highest BCUT2D eigenvalue weighted by Gasteiger charge is 2.36. The van der Waals surface area contributed by atoms with Crippen molar-refractivity contribution in [3.8, 4) is 5.75 Å². The van der Waals surface area contributed by atoms with Gasteiger partial charge in [-0.1, -0.05) is 13.8 Å². The van der Waals surface area contributed by atoms with E-state index in [0.717, 1.165) is 0 Å². The lowest BCUT2D eigenvalue weighted by Crippen LogP contribution is -2.49.